The van der Waals surface area contributed by atoms with Gasteiger partial charge in [-0.2, -0.15) is 0 Å². The molecule has 1 aliphatic rings. The number of amides is 3. The Balaban J connectivity index is 2.21. The molecule has 24 heavy (non-hydrogen) atoms. The molecule has 0 aromatic heterocycles. The van der Waals surface area contributed by atoms with E-state index < -0.39 is 0 Å². The quantitative estimate of drug-likeness (QED) is 0.814. The lowest BCUT2D eigenvalue weighted by atomic mass is 9.96. The van der Waals surface area contributed by atoms with Crippen LogP contribution in [0.25, 0.3) is 0 Å². The van der Waals surface area contributed by atoms with Crippen molar-refractivity contribution in [1.29, 1.82) is 0 Å². The van der Waals surface area contributed by atoms with E-state index in [2.05, 4.69) is 25.7 Å². The van der Waals surface area contributed by atoms with Gasteiger partial charge >= 0.3 is 6.03 Å². The normalized spacial score (nSPS) is 17.6. The first kappa shape index (κ1) is 18.0. The molecule has 2 rings (SSSR count). The standard InChI is InChI=1S/C19H27N3O2/c1-4-7-14-8-5-10-16(13(2)3)17(14)21-19(24)22-11-6-9-15(12-22)18(20)23/h4-5,8,10,13,15H,1,6-7,9,11-12H2,2-3H3,(H2,20,23)(H,21,24)/t15-/m1/s1. The van der Waals surface area contributed by atoms with Crippen LogP contribution in [0.3, 0.4) is 0 Å². The van der Waals surface area contributed by atoms with Crippen LogP contribution < -0.4 is 11.1 Å². The Morgan fingerprint density at radius 2 is 2.21 bits per heavy atom. The van der Waals surface area contributed by atoms with Gasteiger partial charge in [0.1, 0.15) is 0 Å². The molecular formula is C19H27N3O2. The average molecular weight is 329 g/mol. The number of hydrogen-bond acceptors (Lipinski definition) is 2. The zero-order valence-corrected chi connectivity index (χ0v) is 14.5. The van der Waals surface area contributed by atoms with E-state index in [1.54, 1.807) is 4.90 Å². The molecule has 1 fully saturated rings. The van der Waals surface area contributed by atoms with Crippen molar-refractivity contribution in [2.45, 2.75) is 39.0 Å². The molecule has 0 saturated carbocycles. The van der Waals surface area contributed by atoms with Gasteiger partial charge in [0.15, 0.2) is 0 Å². The van der Waals surface area contributed by atoms with Gasteiger partial charge in [0, 0.05) is 18.8 Å². The number of nitrogens with zero attached hydrogens (tertiary/aromatic N) is 1. The molecule has 5 heteroatoms. The van der Waals surface area contributed by atoms with Crippen LogP contribution in [0, 0.1) is 5.92 Å². The van der Waals surface area contributed by atoms with E-state index in [-0.39, 0.29) is 17.9 Å². The van der Waals surface area contributed by atoms with E-state index in [9.17, 15) is 9.59 Å². The van der Waals surface area contributed by atoms with Gasteiger partial charge < -0.3 is 16.0 Å². The van der Waals surface area contributed by atoms with E-state index >= 15 is 0 Å². The van der Waals surface area contributed by atoms with Crippen LogP contribution in [0.15, 0.2) is 30.9 Å². The lowest BCUT2D eigenvalue weighted by Crippen LogP contribution is -2.46. The van der Waals surface area contributed by atoms with E-state index in [0.717, 1.165) is 29.7 Å². The van der Waals surface area contributed by atoms with Gasteiger partial charge in [-0.05, 0) is 36.3 Å². The highest BCUT2D eigenvalue weighted by Gasteiger charge is 2.27. The molecule has 5 nitrogen and oxygen atoms in total. The molecule has 0 aliphatic carbocycles. The summed E-state index contributed by atoms with van der Waals surface area (Å²) in [6, 6.07) is 5.88. The number of primary amides is 1. The zero-order chi connectivity index (χ0) is 17.7. The summed E-state index contributed by atoms with van der Waals surface area (Å²) in [4.78, 5) is 25.8. The summed E-state index contributed by atoms with van der Waals surface area (Å²) in [5, 5.41) is 3.06. The molecule has 3 N–H and O–H groups in total. The third-order valence-electron chi connectivity index (χ3n) is 4.51. The number of nitrogens with one attached hydrogen (secondary N) is 1. The summed E-state index contributed by atoms with van der Waals surface area (Å²) < 4.78 is 0. The number of piperidine rings is 1. The molecule has 1 atom stereocenters. The van der Waals surface area contributed by atoms with Crippen molar-refractivity contribution in [1.82, 2.24) is 4.90 Å². The number of allylic oxidation sites excluding steroid dienone is 1. The van der Waals surface area contributed by atoms with Crippen LogP contribution in [0.5, 0.6) is 0 Å². The fraction of sp³-hybridized carbons (Fsp3) is 0.474. The first-order chi connectivity index (χ1) is 11.4. The van der Waals surface area contributed by atoms with Crippen LogP contribution in [0.2, 0.25) is 0 Å². The van der Waals surface area contributed by atoms with Crippen LogP contribution in [0.4, 0.5) is 10.5 Å². The number of carbonyl (C=O) groups excluding carboxylic acids is 2. The molecular weight excluding hydrogens is 302 g/mol. The van der Waals surface area contributed by atoms with Gasteiger partial charge in [-0.25, -0.2) is 4.79 Å². The van der Waals surface area contributed by atoms with Crippen molar-refractivity contribution >= 4 is 17.6 Å². The lowest BCUT2D eigenvalue weighted by Gasteiger charge is -2.32. The maximum Gasteiger partial charge on any atom is 0.321 e. The maximum atomic E-state index is 12.7. The molecule has 0 spiro atoms. The Morgan fingerprint density at radius 3 is 2.83 bits per heavy atom. The Labute approximate surface area is 143 Å². The number of benzene rings is 1. The van der Waals surface area contributed by atoms with Crippen molar-refractivity contribution in [2.75, 3.05) is 18.4 Å². The van der Waals surface area contributed by atoms with Crippen LogP contribution in [-0.2, 0) is 11.2 Å². The van der Waals surface area contributed by atoms with Crippen molar-refractivity contribution < 1.29 is 9.59 Å². The molecule has 1 saturated heterocycles. The summed E-state index contributed by atoms with van der Waals surface area (Å²) in [5.41, 5.74) is 8.41. The maximum absolute atomic E-state index is 12.7. The molecule has 3 amide bonds. The summed E-state index contributed by atoms with van der Waals surface area (Å²) in [5.74, 6) is -0.287. The van der Waals surface area contributed by atoms with E-state index in [1.807, 2.05) is 24.3 Å². The Hall–Kier alpha value is -2.30. The lowest BCUT2D eigenvalue weighted by molar-refractivity contribution is -0.123. The Kier molecular flexibility index (Phi) is 6.01. The number of carbonyl (C=O) groups is 2. The van der Waals surface area contributed by atoms with Gasteiger partial charge in [-0.1, -0.05) is 38.1 Å². The average Bonchev–Trinajstić information content (AvgIpc) is 2.56. The monoisotopic (exact) mass is 329 g/mol. The van der Waals surface area contributed by atoms with Crippen molar-refractivity contribution in [2.24, 2.45) is 11.7 Å². The fourth-order valence-corrected chi connectivity index (χ4v) is 3.16. The third-order valence-corrected chi connectivity index (χ3v) is 4.51. The van der Waals surface area contributed by atoms with Crippen molar-refractivity contribution in [3.05, 3.63) is 42.0 Å². The molecule has 1 aromatic carbocycles. The number of urea groups is 1. The highest BCUT2D eigenvalue weighted by molar-refractivity contribution is 5.92. The molecule has 130 valence electrons. The van der Waals surface area contributed by atoms with E-state index in [0.29, 0.717) is 25.4 Å². The topological polar surface area (TPSA) is 75.4 Å². The molecule has 0 unspecified atom stereocenters. The number of para-hydroxylation sites is 1. The minimum atomic E-state index is -0.331. The van der Waals surface area contributed by atoms with Gasteiger partial charge in [0.05, 0.1) is 5.92 Å². The first-order valence-corrected chi connectivity index (χ1v) is 8.52. The van der Waals surface area contributed by atoms with E-state index in [1.165, 1.54) is 0 Å². The smallest absolute Gasteiger partial charge is 0.321 e. The third kappa shape index (κ3) is 4.16. The minimum Gasteiger partial charge on any atom is -0.369 e. The van der Waals surface area contributed by atoms with E-state index in [4.69, 9.17) is 5.73 Å². The summed E-state index contributed by atoms with van der Waals surface area (Å²) in [7, 11) is 0. The van der Waals surface area contributed by atoms with Gasteiger partial charge in [0.2, 0.25) is 5.91 Å². The number of likely N-dealkylation sites (tertiary alicyclic amines) is 1. The van der Waals surface area contributed by atoms with Gasteiger partial charge in [-0.3, -0.25) is 4.79 Å². The second-order valence-corrected chi connectivity index (χ2v) is 6.65. The molecule has 0 bridgehead atoms. The summed E-state index contributed by atoms with van der Waals surface area (Å²) in [6.07, 6.45) is 4.08. The fourth-order valence-electron chi connectivity index (χ4n) is 3.16. The molecule has 1 aromatic rings. The van der Waals surface area contributed by atoms with Crippen LogP contribution in [-0.4, -0.2) is 29.9 Å². The van der Waals surface area contributed by atoms with Crippen LogP contribution >= 0.6 is 0 Å². The first-order valence-electron chi connectivity index (χ1n) is 8.52. The highest BCUT2D eigenvalue weighted by Crippen LogP contribution is 2.29. The predicted molar refractivity (Wildman–Crippen MR) is 96.9 cm³/mol. The minimum absolute atomic E-state index is 0.167. The summed E-state index contributed by atoms with van der Waals surface area (Å²) >= 11 is 0. The second kappa shape index (κ2) is 7.99. The SMILES string of the molecule is C=CCc1cccc(C(C)C)c1NC(=O)N1CCC[C@@H](C(N)=O)C1. The molecule has 1 aliphatic heterocycles. The number of hydrogen-bond donors (Lipinski definition) is 2. The Bertz CT molecular complexity index is 625. The van der Waals surface area contributed by atoms with Crippen molar-refractivity contribution in [3.8, 4) is 0 Å². The molecule has 0 radical (unpaired) electrons. The van der Waals surface area contributed by atoms with Gasteiger partial charge in [-0.15, -0.1) is 6.58 Å². The Morgan fingerprint density at radius 1 is 1.46 bits per heavy atom. The summed E-state index contributed by atoms with van der Waals surface area (Å²) in [6.45, 7) is 9.04. The largest absolute Gasteiger partial charge is 0.369 e. The second-order valence-electron chi connectivity index (χ2n) is 6.65. The van der Waals surface area contributed by atoms with Gasteiger partial charge in [0.25, 0.3) is 0 Å². The number of nitrogens with two attached hydrogens (primary N) is 1. The number of rotatable bonds is 5. The molecule has 1 heterocycles. The highest BCUT2D eigenvalue weighted by atomic mass is 16.2. The predicted octanol–water partition coefficient (Wildman–Crippen LogP) is 3.27. The van der Waals surface area contributed by atoms with Crippen LogP contribution in [0.1, 0.15) is 43.7 Å². The number of anilines is 1. The zero-order valence-electron chi connectivity index (χ0n) is 14.5. The van der Waals surface area contributed by atoms with Crippen molar-refractivity contribution in [3.63, 3.8) is 0 Å².